The number of amides is 1. The van der Waals surface area contributed by atoms with Crippen molar-refractivity contribution in [3.05, 3.63) is 89.9 Å². The first kappa shape index (κ1) is 23.8. The van der Waals surface area contributed by atoms with Crippen molar-refractivity contribution in [3.63, 3.8) is 0 Å². The van der Waals surface area contributed by atoms with Crippen molar-refractivity contribution in [2.24, 2.45) is 5.73 Å². The number of hydrogen-bond acceptors (Lipinski definition) is 4. The zero-order chi connectivity index (χ0) is 25.2. The van der Waals surface area contributed by atoms with Gasteiger partial charge in [0.15, 0.2) is 0 Å². The smallest absolute Gasteiger partial charge is 0.369 e. The van der Waals surface area contributed by atoms with Gasteiger partial charge in [-0.1, -0.05) is 18.2 Å². The molecular formula is C25H21F4N5O. The maximum atomic E-state index is 14.2. The Hall–Kier alpha value is -4.34. The molecule has 0 aliphatic carbocycles. The number of carbonyl (C=O) groups excluding carboxylic acids is 1. The van der Waals surface area contributed by atoms with Crippen LogP contribution in [-0.2, 0) is 11.3 Å². The van der Waals surface area contributed by atoms with Crippen LogP contribution in [0.25, 0.3) is 10.9 Å². The Morgan fingerprint density at radius 1 is 1.06 bits per heavy atom. The van der Waals surface area contributed by atoms with Gasteiger partial charge in [-0.05, 0) is 54.1 Å². The largest absolute Gasteiger partial charge is 0.412 e. The van der Waals surface area contributed by atoms with Crippen molar-refractivity contribution in [1.29, 1.82) is 5.41 Å². The quantitative estimate of drug-likeness (QED) is 0.191. The first-order chi connectivity index (χ1) is 16.7. The Bertz CT molecular complexity index is 1380. The molecule has 4 rings (SSSR count). The van der Waals surface area contributed by atoms with E-state index in [9.17, 15) is 22.4 Å². The predicted molar refractivity (Wildman–Crippen MR) is 128 cm³/mol. The van der Waals surface area contributed by atoms with Gasteiger partial charge in [-0.15, -0.1) is 0 Å². The molecule has 6 nitrogen and oxygen atoms in total. The van der Waals surface area contributed by atoms with Gasteiger partial charge in [0.05, 0.1) is 11.2 Å². The first-order valence-electron chi connectivity index (χ1n) is 10.5. The molecule has 1 atom stereocenters. The van der Waals surface area contributed by atoms with E-state index in [-0.39, 0.29) is 23.4 Å². The molecule has 0 fully saturated rings. The zero-order valence-corrected chi connectivity index (χ0v) is 18.2. The highest BCUT2D eigenvalue weighted by atomic mass is 19.4. The van der Waals surface area contributed by atoms with E-state index in [1.54, 1.807) is 24.4 Å². The number of nitrogens with two attached hydrogens (primary N) is 1. The standard InChI is InChI=1S/C25H21F4N5O/c26-18-5-7-19(8-6-18)32-20-9-4-16(12-17(20)13-30)24(25(27,28)29)33-21-3-1-2-15-10-11-34(23(15)21)14-22(31)35/h1-13,24,30,32-33H,14H2,(H2,31,35). The van der Waals surface area contributed by atoms with E-state index in [1.165, 1.54) is 53.1 Å². The zero-order valence-electron chi connectivity index (χ0n) is 18.2. The highest BCUT2D eigenvalue weighted by Crippen LogP contribution is 2.38. The summed E-state index contributed by atoms with van der Waals surface area (Å²) < 4.78 is 57.2. The predicted octanol–water partition coefficient (Wildman–Crippen LogP) is 5.72. The molecule has 0 aliphatic rings. The molecule has 35 heavy (non-hydrogen) atoms. The van der Waals surface area contributed by atoms with E-state index >= 15 is 0 Å². The van der Waals surface area contributed by atoms with Gasteiger partial charge in [-0.2, -0.15) is 13.2 Å². The molecule has 0 bridgehead atoms. The number of alkyl halides is 3. The number of rotatable bonds is 8. The van der Waals surface area contributed by atoms with Crippen LogP contribution in [0.4, 0.5) is 34.6 Å². The fourth-order valence-corrected chi connectivity index (χ4v) is 3.87. The van der Waals surface area contributed by atoms with E-state index in [0.29, 0.717) is 22.3 Å². The maximum absolute atomic E-state index is 14.2. The summed E-state index contributed by atoms with van der Waals surface area (Å²) >= 11 is 0. The van der Waals surface area contributed by atoms with Crippen molar-refractivity contribution in [2.75, 3.05) is 10.6 Å². The Morgan fingerprint density at radius 3 is 2.46 bits per heavy atom. The van der Waals surface area contributed by atoms with Crippen molar-refractivity contribution in [2.45, 2.75) is 18.8 Å². The number of benzene rings is 3. The molecule has 10 heteroatoms. The van der Waals surface area contributed by atoms with Gasteiger partial charge in [0.1, 0.15) is 18.4 Å². The number of anilines is 3. The fraction of sp³-hybridized carbons (Fsp3) is 0.120. The number of aromatic nitrogens is 1. The molecule has 4 aromatic rings. The molecule has 1 heterocycles. The minimum atomic E-state index is -4.67. The summed E-state index contributed by atoms with van der Waals surface area (Å²) in [6.07, 6.45) is -2.14. The van der Waals surface area contributed by atoms with Crippen LogP contribution in [0.5, 0.6) is 0 Å². The molecule has 1 aromatic heterocycles. The molecule has 1 unspecified atom stereocenters. The van der Waals surface area contributed by atoms with Gasteiger partial charge in [0, 0.05) is 34.7 Å². The minimum Gasteiger partial charge on any atom is -0.369 e. The Kier molecular flexibility index (Phi) is 6.46. The Morgan fingerprint density at radius 2 is 1.80 bits per heavy atom. The number of carbonyl (C=O) groups is 1. The summed E-state index contributed by atoms with van der Waals surface area (Å²) in [4.78, 5) is 11.4. The number of para-hydroxylation sites is 1. The van der Waals surface area contributed by atoms with Crippen molar-refractivity contribution in [1.82, 2.24) is 4.57 Å². The molecule has 0 saturated carbocycles. The van der Waals surface area contributed by atoms with E-state index in [0.717, 1.165) is 6.21 Å². The maximum Gasteiger partial charge on any atom is 0.412 e. The summed E-state index contributed by atoms with van der Waals surface area (Å²) in [5, 5.41) is 13.9. The van der Waals surface area contributed by atoms with E-state index in [1.807, 2.05) is 0 Å². The average molecular weight is 483 g/mol. The summed E-state index contributed by atoms with van der Waals surface area (Å²) in [5.74, 6) is -1.04. The minimum absolute atomic E-state index is 0.106. The molecular weight excluding hydrogens is 462 g/mol. The number of hydrogen-bond donors (Lipinski definition) is 4. The van der Waals surface area contributed by atoms with Crippen LogP contribution in [0.15, 0.2) is 72.9 Å². The second-order valence-electron chi connectivity index (χ2n) is 7.90. The normalized spacial score (nSPS) is 12.3. The van der Waals surface area contributed by atoms with Gasteiger partial charge in [0.25, 0.3) is 0 Å². The van der Waals surface area contributed by atoms with Gasteiger partial charge < -0.3 is 26.3 Å². The van der Waals surface area contributed by atoms with Gasteiger partial charge in [-0.25, -0.2) is 4.39 Å². The van der Waals surface area contributed by atoms with Crippen molar-refractivity contribution in [3.8, 4) is 0 Å². The van der Waals surface area contributed by atoms with Gasteiger partial charge >= 0.3 is 6.18 Å². The van der Waals surface area contributed by atoms with Crippen LogP contribution in [-0.4, -0.2) is 22.9 Å². The highest BCUT2D eigenvalue weighted by Gasteiger charge is 2.41. The molecule has 3 aromatic carbocycles. The molecule has 1 amide bonds. The second-order valence-corrected chi connectivity index (χ2v) is 7.90. The van der Waals surface area contributed by atoms with E-state index in [4.69, 9.17) is 11.1 Å². The van der Waals surface area contributed by atoms with Gasteiger partial charge in [0.2, 0.25) is 5.91 Å². The molecule has 180 valence electrons. The number of fused-ring (bicyclic) bond motifs is 1. The van der Waals surface area contributed by atoms with Crippen LogP contribution >= 0.6 is 0 Å². The SMILES string of the molecule is N=Cc1cc(C(Nc2cccc3ccn(CC(N)=O)c23)C(F)(F)F)ccc1Nc1ccc(F)cc1. The average Bonchev–Trinajstić information content (AvgIpc) is 3.21. The summed E-state index contributed by atoms with van der Waals surface area (Å²) in [6, 6.07) is 13.9. The van der Waals surface area contributed by atoms with Gasteiger partial charge in [-0.3, -0.25) is 4.79 Å². The highest BCUT2D eigenvalue weighted by molar-refractivity contribution is 5.93. The fourth-order valence-electron chi connectivity index (χ4n) is 3.87. The van der Waals surface area contributed by atoms with Crippen LogP contribution < -0.4 is 16.4 Å². The number of primary amides is 1. The lowest BCUT2D eigenvalue weighted by Gasteiger charge is -2.25. The lowest BCUT2D eigenvalue weighted by molar-refractivity contribution is -0.144. The van der Waals surface area contributed by atoms with Crippen LogP contribution in [0.1, 0.15) is 17.2 Å². The summed E-state index contributed by atoms with van der Waals surface area (Å²) in [6.45, 7) is -0.180. The first-order valence-corrected chi connectivity index (χ1v) is 10.5. The summed E-state index contributed by atoms with van der Waals surface area (Å²) in [5.41, 5.74) is 6.92. The van der Waals surface area contributed by atoms with Crippen molar-refractivity contribution < 1.29 is 22.4 Å². The topological polar surface area (TPSA) is 95.9 Å². The third-order valence-corrected chi connectivity index (χ3v) is 5.43. The second kappa shape index (κ2) is 9.49. The molecule has 0 saturated heterocycles. The Balaban J connectivity index is 1.71. The molecule has 0 spiro atoms. The number of halogens is 4. The van der Waals surface area contributed by atoms with Crippen LogP contribution in [0, 0.1) is 11.2 Å². The van der Waals surface area contributed by atoms with E-state index in [2.05, 4.69) is 10.6 Å². The lowest BCUT2D eigenvalue weighted by atomic mass is 10.0. The summed E-state index contributed by atoms with van der Waals surface area (Å²) in [7, 11) is 0. The van der Waals surface area contributed by atoms with Crippen molar-refractivity contribution >= 4 is 40.1 Å². The third-order valence-electron chi connectivity index (χ3n) is 5.43. The lowest BCUT2D eigenvalue weighted by Crippen LogP contribution is -2.28. The Labute approximate surface area is 197 Å². The number of nitrogens with one attached hydrogen (secondary N) is 3. The number of nitrogens with zero attached hydrogens (tertiary/aromatic N) is 1. The van der Waals surface area contributed by atoms with Crippen LogP contribution in [0.2, 0.25) is 0 Å². The monoisotopic (exact) mass is 483 g/mol. The molecule has 5 N–H and O–H groups in total. The van der Waals surface area contributed by atoms with E-state index < -0.39 is 23.9 Å². The third kappa shape index (κ3) is 5.26. The molecule has 0 radical (unpaired) electrons. The van der Waals surface area contributed by atoms with Crippen LogP contribution in [0.3, 0.4) is 0 Å². The molecule has 0 aliphatic heterocycles.